The minimum Gasteiger partial charge on any atom is -0.478 e. The molecule has 3 heteroatoms. The summed E-state index contributed by atoms with van der Waals surface area (Å²) >= 11 is 0. The fourth-order valence-electron chi connectivity index (χ4n) is 4.99. The number of hydrogen-bond donors (Lipinski definition) is 1. The summed E-state index contributed by atoms with van der Waals surface area (Å²) in [4.78, 5) is 12.5. The SMILES string of the molecule is CCCCCCCCCCCCC(CCCCCCCCCCCC)(Oc1ccccc1)C(=O)O. The maximum absolute atomic E-state index is 12.5. The van der Waals surface area contributed by atoms with E-state index in [2.05, 4.69) is 13.8 Å². The zero-order chi connectivity index (χ0) is 25.5. The van der Waals surface area contributed by atoms with Crippen molar-refractivity contribution >= 4 is 5.97 Å². The number of aliphatic carboxylic acids is 1. The molecule has 0 aliphatic rings. The molecule has 0 spiro atoms. The summed E-state index contributed by atoms with van der Waals surface area (Å²) in [6.45, 7) is 4.52. The number of hydrogen-bond acceptors (Lipinski definition) is 2. The first-order valence-electron chi connectivity index (χ1n) is 15.1. The Morgan fingerprint density at radius 1 is 0.600 bits per heavy atom. The van der Waals surface area contributed by atoms with Crippen LogP contribution in [0.4, 0.5) is 0 Å². The molecule has 3 nitrogen and oxygen atoms in total. The highest BCUT2D eigenvalue weighted by molar-refractivity contribution is 5.78. The molecule has 0 aromatic heterocycles. The summed E-state index contributed by atoms with van der Waals surface area (Å²) in [6, 6.07) is 9.55. The van der Waals surface area contributed by atoms with Crippen molar-refractivity contribution in [2.75, 3.05) is 0 Å². The van der Waals surface area contributed by atoms with E-state index in [9.17, 15) is 9.90 Å². The second-order valence-electron chi connectivity index (χ2n) is 10.6. The number of unbranched alkanes of at least 4 members (excludes halogenated alkanes) is 18. The zero-order valence-corrected chi connectivity index (χ0v) is 23.2. The summed E-state index contributed by atoms with van der Waals surface area (Å²) < 4.78 is 6.23. The number of para-hydroxylation sites is 1. The van der Waals surface area contributed by atoms with Crippen molar-refractivity contribution in [3.05, 3.63) is 30.3 Å². The van der Waals surface area contributed by atoms with E-state index in [1.54, 1.807) is 0 Å². The Morgan fingerprint density at radius 2 is 0.943 bits per heavy atom. The first-order chi connectivity index (χ1) is 17.1. The Morgan fingerprint density at radius 3 is 1.29 bits per heavy atom. The second-order valence-corrected chi connectivity index (χ2v) is 10.6. The van der Waals surface area contributed by atoms with Crippen molar-refractivity contribution in [1.82, 2.24) is 0 Å². The van der Waals surface area contributed by atoms with Crippen LogP contribution in [-0.4, -0.2) is 16.7 Å². The topological polar surface area (TPSA) is 46.5 Å². The van der Waals surface area contributed by atoms with Gasteiger partial charge in [-0.05, 0) is 37.8 Å². The highest BCUT2D eigenvalue weighted by Gasteiger charge is 2.40. The molecule has 0 fully saturated rings. The van der Waals surface area contributed by atoms with Crippen LogP contribution in [0, 0.1) is 0 Å². The first kappa shape index (κ1) is 31.5. The second kappa shape index (κ2) is 21.7. The van der Waals surface area contributed by atoms with E-state index in [1.807, 2.05) is 30.3 Å². The molecule has 0 saturated carbocycles. The van der Waals surface area contributed by atoms with Gasteiger partial charge in [0.15, 0.2) is 0 Å². The Bertz CT molecular complexity index is 574. The average molecular weight is 489 g/mol. The lowest BCUT2D eigenvalue weighted by Crippen LogP contribution is -2.44. The summed E-state index contributed by atoms with van der Waals surface area (Å²) in [7, 11) is 0. The molecule has 1 rings (SSSR count). The fourth-order valence-corrected chi connectivity index (χ4v) is 4.99. The van der Waals surface area contributed by atoms with Crippen LogP contribution in [0.1, 0.15) is 155 Å². The van der Waals surface area contributed by atoms with Crippen molar-refractivity contribution in [1.29, 1.82) is 0 Å². The van der Waals surface area contributed by atoms with Crippen LogP contribution in [0.5, 0.6) is 5.75 Å². The summed E-state index contributed by atoms with van der Waals surface area (Å²) in [5.41, 5.74) is -1.10. The van der Waals surface area contributed by atoms with Gasteiger partial charge in [-0.25, -0.2) is 4.79 Å². The van der Waals surface area contributed by atoms with E-state index in [4.69, 9.17) is 4.74 Å². The molecular formula is C32H56O3. The molecular weight excluding hydrogens is 432 g/mol. The van der Waals surface area contributed by atoms with Gasteiger partial charge in [0.25, 0.3) is 0 Å². The summed E-state index contributed by atoms with van der Waals surface area (Å²) in [5, 5.41) is 10.2. The van der Waals surface area contributed by atoms with Gasteiger partial charge in [0.1, 0.15) is 5.75 Å². The van der Waals surface area contributed by atoms with E-state index >= 15 is 0 Å². The van der Waals surface area contributed by atoms with Crippen molar-refractivity contribution in [3.63, 3.8) is 0 Å². The molecule has 0 saturated heterocycles. The lowest BCUT2D eigenvalue weighted by molar-refractivity contribution is -0.157. The fraction of sp³-hybridized carbons (Fsp3) is 0.781. The summed E-state index contributed by atoms with van der Waals surface area (Å²) in [6.07, 6.45) is 26.3. The Labute approximate surface area is 217 Å². The molecule has 0 amide bonds. The summed E-state index contributed by atoms with van der Waals surface area (Å²) in [5.74, 6) is -0.123. The highest BCUT2D eigenvalue weighted by atomic mass is 16.5. The molecule has 202 valence electrons. The van der Waals surface area contributed by atoms with E-state index in [1.165, 1.54) is 103 Å². The molecule has 0 heterocycles. The van der Waals surface area contributed by atoms with Gasteiger partial charge >= 0.3 is 5.97 Å². The van der Waals surface area contributed by atoms with Gasteiger partial charge in [0.05, 0.1) is 0 Å². The van der Waals surface area contributed by atoms with Gasteiger partial charge < -0.3 is 9.84 Å². The normalized spacial score (nSPS) is 11.6. The quantitative estimate of drug-likeness (QED) is 0.139. The molecule has 1 aromatic carbocycles. The van der Waals surface area contributed by atoms with Gasteiger partial charge in [0.2, 0.25) is 5.60 Å². The van der Waals surface area contributed by atoms with Crippen LogP contribution < -0.4 is 4.74 Å². The molecule has 35 heavy (non-hydrogen) atoms. The van der Waals surface area contributed by atoms with Crippen LogP contribution in [0.15, 0.2) is 30.3 Å². The third-order valence-electron chi connectivity index (χ3n) is 7.31. The predicted molar refractivity (Wildman–Crippen MR) is 150 cm³/mol. The number of rotatable bonds is 25. The van der Waals surface area contributed by atoms with Crippen LogP contribution in [0.3, 0.4) is 0 Å². The third-order valence-corrected chi connectivity index (χ3v) is 7.31. The minimum absolute atomic E-state index is 0.602. The number of carbonyl (C=O) groups is 1. The van der Waals surface area contributed by atoms with E-state index < -0.39 is 11.6 Å². The van der Waals surface area contributed by atoms with Crippen molar-refractivity contribution < 1.29 is 14.6 Å². The number of benzene rings is 1. The van der Waals surface area contributed by atoms with Crippen LogP contribution in [0.25, 0.3) is 0 Å². The zero-order valence-electron chi connectivity index (χ0n) is 23.2. The maximum atomic E-state index is 12.5. The van der Waals surface area contributed by atoms with Crippen LogP contribution in [-0.2, 0) is 4.79 Å². The minimum atomic E-state index is -1.10. The van der Waals surface area contributed by atoms with Crippen molar-refractivity contribution in [3.8, 4) is 5.75 Å². The van der Waals surface area contributed by atoms with Gasteiger partial charge in [-0.3, -0.25) is 0 Å². The first-order valence-corrected chi connectivity index (χ1v) is 15.1. The van der Waals surface area contributed by atoms with Crippen LogP contribution >= 0.6 is 0 Å². The molecule has 0 aliphatic heterocycles. The third kappa shape index (κ3) is 16.0. The number of ether oxygens (including phenoxy) is 1. The van der Waals surface area contributed by atoms with Crippen molar-refractivity contribution in [2.24, 2.45) is 0 Å². The average Bonchev–Trinajstić information content (AvgIpc) is 2.86. The standard InChI is InChI=1S/C32H56O3/c1-3-5-7-9-11-13-15-17-19-24-28-32(31(33)34,35-30-26-22-21-23-27-30)29-25-20-18-16-14-12-10-8-6-4-2/h21-23,26-27H,3-20,24-25,28-29H2,1-2H3,(H,33,34). The lowest BCUT2D eigenvalue weighted by atomic mass is 9.89. The van der Waals surface area contributed by atoms with E-state index in [0.29, 0.717) is 18.6 Å². The maximum Gasteiger partial charge on any atom is 0.348 e. The Balaban J connectivity index is 2.41. The molecule has 0 radical (unpaired) electrons. The van der Waals surface area contributed by atoms with Gasteiger partial charge in [-0.2, -0.15) is 0 Å². The lowest BCUT2D eigenvalue weighted by Gasteiger charge is -2.31. The molecule has 0 aliphatic carbocycles. The number of carboxylic acids is 1. The van der Waals surface area contributed by atoms with Crippen molar-refractivity contribution in [2.45, 2.75) is 161 Å². The van der Waals surface area contributed by atoms with Gasteiger partial charge in [-0.15, -0.1) is 0 Å². The molecule has 1 N–H and O–H groups in total. The molecule has 1 aromatic rings. The number of carboxylic acid groups (broad SMARTS) is 1. The monoisotopic (exact) mass is 488 g/mol. The molecule has 0 unspecified atom stereocenters. The largest absolute Gasteiger partial charge is 0.478 e. The molecule has 0 atom stereocenters. The van der Waals surface area contributed by atoms with Crippen LogP contribution in [0.2, 0.25) is 0 Å². The van der Waals surface area contributed by atoms with Gasteiger partial charge in [-0.1, -0.05) is 148 Å². The van der Waals surface area contributed by atoms with Gasteiger partial charge in [0, 0.05) is 0 Å². The Kier molecular flexibility index (Phi) is 19.6. The Hall–Kier alpha value is -1.51. The molecule has 0 bridgehead atoms. The highest BCUT2D eigenvalue weighted by Crippen LogP contribution is 2.30. The van der Waals surface area contributed by atoms with E-state index in [-0.39, 0.29) is 0 Å². The smallest absolute Gasteiger partial charge is 0.348 e. The van der Waals surface area contributed by atoms with E-state index in [0.717, 1.165) is 25.7 Å². The predicted octanol–water partition coefficient (Wildman–Crippen LogP) is 10.5.